The standard InChI is InChI=1S/C26H40/c1-19-3-7-21(8-4-19)23-11-15-25(16-12-23)26-17-13-24(14-18-26)22-9-5-20(2)6-10-22/h11-12,15-16,19-22,24,26H,3-10,13-14,17-18H2,1-2H3. The Hall–Kier alpha value is -0.780. The summed E-state index contributed by atoms with van der Waals surface area (Å²) in [6, 6.07) is 9.93. The molecule has 3 saturated carbocycles. The molecule has 0 bridgehead atoms. The van der Waals surface area contributed by atoms with Crippen LogP contribution in [0.5, 0.6) is 0 Å². The summed E-state index contributed by atoms with van der Waals surface area (Å²) in [7, 11) is 0. The summed E-state index contributed by atoms with van der Waals surface area (Å²) in [5, 5.41) is 0. The first kappa shape index (κ1) is 18.6. The Labute approximate surface area is 162 Å². The van der Waals surface area contributed by atoms with Crippen LogP contribution in [0.2, 0.25) is 0 Å². The Morgan fingerprint density at radius 1 is 0.462 bits per heavy atom. The van der Waals surface area contributed by atoms with Gasteiger partial charge in [0.15, 0.2) is 0 Å². The molecule has 0 spiro atoms. The van der Waals surface area contributed by atoms with Crippen LogP contribution >= 0.6 is 0 Å². The molecule has 1 aromatic rings. The van der Waals surface area contributed by atoms with Crippen molar-refractivity contribution in [2.75, 3.05) is 0 Å². The van der Waals surface area contributed by atoms with Gasteiger partial charge < -0.3 is 0 Å². The van der Waals surface area contributed by atoms with E-state index in [1.165, 1.54) is 77.0 Å². The fourth-order valence-electron chi connectivity index (χ4n) is 6.31. The second-order valence-corrected chi connectivity index (χ2v) is 10.3. The van der Waals surface area contributed by atoms with Crippen LogP contribution in [0.4, 0.5) is 0 Å². The highest BCUT2D eigenvalue weighted by molar-refractivity contribution is 5.28. The molecule has 26 heavy (non-hydrogen) atoms. The van der Waals surface area contributed by atoms with E-state index in [0.717, 1.165) is 35.5 Å². The Morgan fingerprint density at radius 3 is 1.19 bits per heavy atom. The maximum absolute atomic E-state index is 2.49. The van der Waals surface area contributed by atoms with Gasteiger partial charge >= 0.3 is 0 Å². The number of hydrogen-bond donors (Lipinski definition) is 0. The van der Waals surface area contributed by atoms with Gasteiger partial charge in [-0.15, -0.1) is 0 Å². The summed E-state index contributed by atoms with van der Waals surface area (Å²) in [6.45, 7) is 4.87. The van der Waals surface area contributed by atoms with E-state index in [-0.39, 0.29) is 0 Å². The van der Waals surface area contributed by atoms with Crippen LogP contribution in [-0.4, -0.2) is 0 Å². The summed E-state index contributed by atoms with van der Waals surface area (Å²) in [5.74, 6) is 5.73. The first-order valence-corrected chi connectivity index (χ1v) is 11.8. The third-order valence-electron chi connectivity index (χ3n) is 8.39. The van der Waals surface area contributed by atoms with Gasteiger partial charge in [-0.2, -0.15) is 0 Å². The highest BCUT2D eigenvalue weighted by Crippen LogP contribution is 2.44. The van der Waals surface area contributed by atoms with Crippen molar-refractivity contribution in [2.24, 2.45) is 23.7 Å². The lowest BCUT2D eigenvalue weighted by atomic mass is 9.68. The fourth-order valence-corrected chi connectivity index (χ4v) is 6.31. The lowest BCUT2D eigenvalue weighted by Crippen LogP contribution is -2.24. The fraction of sp³-hybridized carbons (Fsp3) is 0.769. The molecule has 0 unspecified atom stereocenters. The van der Waals surface area contributed by atoms with Crippen molar-refractivity contribution in [2.45, 2.75) is 103 Å². The molecule has 0 N–H and O–H groups in total. The van der Waals surface area contributed by atoms with Crippen molar-refractivity contribution < 1.29 is 0 Å². The van der Waals surface area contributed by atoms with Gasteiger partial charge in [-0.1, -0.05) is 63.8 Å². The maximum Gasteiger partial charge on any atom is -0.0162 e. The summed E-state index contributed by atoms with van der Waals surface area (Å²) < 4.78 is 0. The Morgan fingerprint density at radius 2 is 0.769 bits per heavy atom. The molecule has 1 aromatic carbocycles. The molecule has 0 aromatic heterocycles. The minimum absolute atomic E-state index is 0.838. The molecule has 4 rings (SSSR count). The monoisotopic (exact) mass is 352 g/mol. The van der Waals surface area contributed by atoms with E-state index < -0.39 is 0 Å². The molecule has 0 amide bonds. The van der Waals surface area contributed by atoms with E-state index in [0.29, 0.717) is 0 Å². The molecule has 0 heterocycles. The van der Waals surface area contributed by atoms with E-state index in [2.05, 4.69) is 38.1 Å². The van der Waals surface area contributed by atoms with Crippen LogP contribution in [0, 0.1) is 23.7 Å². The van der Waals surface area contributed by atoms with Gasteiger partial charge in [-0.05, 0) is 98.0 Å². The van der Waals surface area contributed by atoms with Crippen LogP contribution in [0.15, 0.2) is 24.3 Å². The highest BCUT2D eigenvalue weighted by Gasteiger charge is 2.30. The van der Waals surface area contributed by atoms with E-state index in [9.17, 15) is 0 Å². The molecule has 0 nitrogen and oxygen atoms in total. The summed E-state index contributed by atoms with van der Waals surface area (Å²) in [6.07, 6.45) is 17.6. The van der Waals surface area contributed by atoms with Crippen LogP contribution < -0.4 is 0 Å². The minimum Gasteiger partial charge on any atom is -0.0625 e. The van der Waals surface area contributed by atoms with Crippen molar-refractivity contribution in [3.05, 3.63) is 35.4 Å². The van der Waals surface area contributed by atoms with Crippen LogP contribution in [-0.2, 0) is 0 Å². The smallest absolute Gasteiger partial charge is 0.0162 e. The summed E-state index contributed by atoms with van der Waals surface area (Å²) in [4.78, 5) is 0. The van der Waals surface area contributed by atoms with Crippen molar-refractivity contribution >= 4 is 0 Å². The summed E-state index contributed by atoms with van der Waals surface area (Å²) >= 11 is 0. The third kappa shape index (κ3) is 4.37. The van der Waals surface area contributed by atoms with Crippen molar-refractivity contribution in [1.82, 2.24) is 0 Å². The van der Waals surface area contributed by atoms with Crippen LogP contribution in [0.25, 0.3) is 0 Å². The zero-order valence-electron chi connectivity index (χ0n) is 17.3. The Kier molecular flexibility index (Phi) is 6.07. The molecule has 3 aliphatic rings. The quantitative estimate of drug-likeness (QED) is 0.515. The molecule has 3 fully saturated rings. The highest BCUT2D eigenvalue weighted by atomic mass is 14.4. The second-order valence-electron chi connectivity index (χ2n) is 10.3. The molecule has 0 heteroatoms. The molecular formula is C26H40. The van der Waals surface area contributed by atoms with Gasteiger partial charge in [-0.3, -0.25) is 0 Å². The average molecular weight is 353 g/mol. The molecular weight excluding hydrogens is 312 g/mol. The predicted octanol–water partition coefficient (Wildman–Crippen LogP) is 8.08. The normalized spacial score (nSPS) is 38.8. The topological polar surface area (TPSA) is 0 Å². The van der Waals surface area contributed by atoms with E-state index in [1.807, 2.05) is 0 Å². The predicted molar refractivity (Wildman–Crippen MR) is 113 cm³/mol. The van der Waals surface area contributed by atoms with Gasteiger partial charge in [0.05, 0.1) is 0 Å². The zero-order chi connectivity index (χ0) is 17.9. The third-order valence-corrected chi connectivity index (χ3v) is 8.39. The van der Waals surface area contributed by atoms with Gasteiger partial charge in [0, 0.05) is 0 Å². The molecule has 0 atom stereocenters. The maximum atomic E-state index is 2.49. The first-order chi connectivity index (χ1) is 12.7. The second kappa shape index (κ2) is 8.49. The van der Waals surface area contributed by atoms with E-state index in [1.54, 1.807) is 11.1 Å². The number of rotatable bonds is 3. The van der Waals surface area contributed by atoms with E-state index in [4.69, 9.17) is 0 Å². The first-order valence-electron chi connectivity index (χ1n) is 11.8. The molecule has 0 radical (unpaired) electrons. The van der Waals surface area contributed by atoms with Gasteiger partial charge in [0.1, 0.15) is 0 Å². The van der Waals surface area contributed by atoms with Crippen molar-refractivity contribution in [3.8, 4) is 0 Å². The van der Waals surface area contributed by atoms with Crippen LogP contribution in [0.3, 0.4) is 0 Å². The Balaban J connectivity index is 1.29. The molecule has 3 aliphatic carbocycles. The van der Waals surface area contributed by atoms with Gasteiger partial charge in [0.25, 0.3) is 0 Å². The average Bonchev–Trinajstić information content (AvgIpc) is 2.70. The number of benzene rings is 1. The van der Waals surface area contributed by atoms with E-state index >= 15 is 0 Å². The Bertz CT molecular complexity index is 532. The van der Waals surface area contributed by atoms with Crippen molar-refractivity contribution in [1.29, 1.82) is 0 Å². The SMILES string of the molecule is CC1CCC(c2ccc(C3CCC(C4CCC(C)CC4)CC3)cc2)CC1. The summed E-state index contributed by atoms with van der Waals surface area (Å²) in [5.41, 5.74) is 3.25. The lowest BCUT2D eigenvalue weighted by molar-refractivity contribution is 0.165. The molecule has 0 aliphatic heterocycles. The largest absolute Gasteiger partial charge is 0.0625 e. The van der Waals surface area contributed by atoms with Crippen molar-refractivity contribution in [3.63, 3.8) is 0 Å². The number of hydrogen-bond acceptors (Lipinski definition) is 0. The van der Waals surface area contributed by atoms with Crippen LogP contribution in [0.1, 0.15) is 114 Å². The lowest BCUT2D eigenvalue weighted by Gasteiger charge is -2.37. The molecule has 0 saturated heterocycles. The molecule has 144 valence electrons. The van der Waals surface area contributed by atoms with Gasteiger partial charge in [-0.25, -0.2) is 0 Å². The van der Waals surface area contributed by atoms with Gasteiger partial charge in [0.2, 0.25) is 0 Å². The zero-order valence-corrected chi connectivity index (χ0v) is 17.3. The minimum atomic E-state index is 0.838.